The van der Waals surface area contributed by atoms with Crippen molar-refractivity contribution in [2.24, 2.45) is 0 Å². The molecule has 4 amide bonds. The number of nitrogens with one attached hydrogen (secondary N) is 3. The summed E-state index contributed by atoms with van der Waals surface area (Å²) in [4.78, 5) is 83.8. The highest BCUT2D eigenvalue weighted by Gasteiger charge is 2.37. The average Bonchev–Trinajstić information content (AvgIpc) is 3.79. The van der Waals surface area contributed by atoms with E-state index in [-0.39, 0.29) is 62.8 Å². The van der Waals surface area contributed by atoms with Gasteiger partial charge in [0.05, 0.1) is 70.9 Å². The van der Waals surface area contributed by atoms with Crippen LogP contribution in [0.4, 0.5) is 5.69 Å². The molecule has 16 nitrogen and oxygen atoms in total. The molecule has 0 unspecified atom stereocenters. The number of benzene rings is 2. The molecule has 0 saturated carbocycles. The number of ether oxygens (including phenoxy) is 1. The lowest BCUT2D eigenvalue weighted by Crippen LogP contribution is -2.56. The summed E-state index contributed by atoms with van der Waals surface area (Å²) in [5.41, 5.74) is 4.59. The minimum Gasteiger partial charge on any atom is -0.388 e. The van der Waals surface area contributed by atoms with Crippen molar-refractivity contribution in [1.29, 1.82) is 0 Å². The first kappa shape index (κ1) is 42.4. The Hall–Kier alpha value is -5.33. The van der Waals surface area contributed by atoms with E-state index in [2.05, 4.69) is 30.8 Å². The van der Waals surface area contributed by atoms with Gasteiger partial charge >= 0.3 is 0 Å². The summed E-state index contributed by atoms with van der Waals surface area (Å²) in [5, 5.41) is 23.6. The summed E-state index contributed by atoms with van der Waals surface area (Å²) < 4.78 is 6.73. The number of thiazole rings is 1. The van der Waals surface area contributed by atoms with Crippen LogP contribution < -0.4 is 21.5 Å². The molecule has 18 heteroatoms. The lowest BCUT2D eigenvalue weighted by Gasteiger charge is -2.39. The third kappa shape index (κ3) is 10.1. The van der Waals surface area contributed by atoms with Crippen LogP contribution in [-0.2, 0) is 44.9 Å². The molecule has 320 valence electrons. The summed E-state index contributed by atoms with van der Waals surface area (Å²) >= 11 is 8.09. The van der Waals surface area contributed by atoms with Gasteiger partial charge in [0.25, 0.3) is 11.5 Å². The molecule has 2 saturated heterocycles. The van der Waals surface area contributed by atoms with Gasteiger partial charge in [-0.25, -0.2) is 9.97 Å². The number of piperidine rings is 1. The fraction of sp³-hybridized carbons (Fsp3) is 0.442. The third-order valence-electron chi connectivity index (χ3n) is 11.7. The van der Waals surface area contributed by atoms with Crippen LogP contribution in [0.5, 0.6) is 0 Å². The highest BCUT2D eigenvalue weighted by molar-refractivity contribution is 7.07. The zero-order valence-electron chi connectivity index (χ0n) is 33.7. The first-order valence-electron chi connectivity index (χ1n) is 20.7. The largest absolute Gasteiger partial charge is 0.388 e. The van der Waals surface area contributed by atoms with Crippen LogP contribution in [0.15, 0.2) is 58.4 Å². The molecule has 2 aliphatic heterocycles. The summed E-state index contributed by atoms with van der Waals surface area (Å²) in [7, 11) is 0. The van der Waals surface area contributed by atoms with Crippen LogP contribution >= 0.6 is 22.9 Å². The van der Waals surface area contributed by atoms with Crippen molar-refractivity contribution in [3.05, 3.63) is 91.5 Å². The fourth-order valence-corrected chi connectivity index (χ4v) is 9.19. The van der Waals surface area contributed by atoms with Gasteiger partial charge in [0.15, 0.2) is 0 Å². The first-order valence-corrected chi connectivity index (χ1v) is 22.0. The molecule has 2 aromatic carbocycles. The van der Waals surface area contributed by atoms with E-state index in [1.165, 1.54) is 22.2 Å². The van der Waals surface area contributed by atoms with Crippen LogP contribution in [0, 0.1) is 0 Å². The lowest BCUT2D eigenvalue weighted by atomic mass is 9.90. The molecule has 2 fully saturated rings. The maximum atomic E-state index is 13.9. The number of hydrogen-bond donors (Lipinski definition) is 4. The maximum Gasteiger partial charge on any atom is 0.261 e. The Morgan fingerprint density at radius 1 is 0.951 bits per heavy atom. The van der Waals surface area contributed by atoms with Gasteiger partial charge in [0.2, 0.25) is 17.7 Å². The zero-order valence-corrected chi connectivity index (χ0v) is 35.2. The monoisotopic (exact) mass is 869 g/mol. The van der Waals surface area contributed by atoms with E-state index in [9.17, 15) is 29.1 Å². The molecule has 0 radical (unpaired) electrons. The number of aliphatic hydroxyl groups is 1. The molecule has 8 rings (SSSR count). The number of carbonyl (C=O) groups is 4. The van der Waals surface area contributed by atoms with Crippen LogP contribution in [0.3, 0.4) is 0 Å². The number of anilines is 1. The smallest absolute Gasteiger partial charge is 0.261 e. The van der Waals surface area contributed by atoms with E-state index in [1.54, 1.807) is 52.2 Å². The number of rotatable bonds is 13. The van der Waals surface area contributed by atoms with Crippen LogP contribution in [-0.4, -0.2) is 122 Å². The van der Waals surface area contributed by atoms with Crippen LogP contribution in [0.2, 0.25) is 5.02 Å². The Labute approximate surface area is 360 Å². The van der Waals surface area contributed by atoms with E-state index in [1.807, 2.05) is 0 Å². The SMILES string of the molecule is O=C(CCN1CCOCC1)Nc1ccc2c(=O)n(CC3(O)CCN(C(=O)[C@H](Cc4cscn4)NC(=O)CNC(=O)c4ccc5c(Cl)c6c(nc5c4)CCCC6)CC3)cnc2c1. The highest BCUT2D eigenvalue weighted by Crippen LogP contribution is 2.33. The predicted molar refractivity (Wildman–Crippen MR) is 231 cm³/mol. The Bertz CT molecular complexity index is 2500. The number of aryl methyl sites for hydroxylation is 1. The summed E-state index contributed by atoms with van der Waals surface area (Å²) in [6, 6.07) is 9.09. The van der Waals surface area contributed by atoms with Gasteiger partial charge in [0.1, 0.15) is 6.04 Å². The number of likely N-dealkylation sites (tertiary alicyclic amines) is 1. The number of carbonyl (C=O) groups excluding carboxylic acids is 4. The molecule has 1 aliphatic carbocycles. The van der Waals surface area contributed by atoms with Crippen molar-refractivity contribution in [3.8, 4) is 0 Å². The van der Waals surface area contributed by atoms with Crippen molar-refractivity contribution in [2.45, 2.75) is 69.6 Å². The van der Waals surface area contributed by atoms with Crippen molar-refractivity contribution < 1.29 is 29.0 Å². The van der Waals surface area contributed by atoms with E-state index >= 15 is 0 Å². The standard InChI is InChI=1S/C43H48ClN9O7S/c44-39-30-3-1-2-4-33(30)49-35-19-27(5-7-31(35)39)40(56)45-22-38(55)50-36(21-29-23-61-26-47-29)42(58)52-13-10-43(59,11-14-52)24-53-25-46-34-20-28(6-8-32(34)41(53)57)48-37(54)9-12-51-15-17-60-18-16-51/h5-8,19-20,23,25-26,36,59H,1-4,9-18,21-22,24H2,(H,45,56)(H,48,54)(H,50,55)/t36-/m0/s1. The number of pyridine rings is 1. The van der Waals surface area contributed by atoms with Gasteiger partial charge in [-0.15, -0.1) is 11.3 Å². The summed E-state index contributed by atoms with van der Waals surface area (Å²) in [6.45, 7) is 3.53. The molecular formula is C43H48ClN9O7S. The molecule has 0 spiro atoms. The van der Waals surface area contributed by atoms with Gasteiger partial charge in [0, 0.05) is 73.3 Å². The number of amides is 4. The lowest BCUT2D eigenvalue weighted by molar-refractivity contribution is -0.140. The Morgan fingerprint density at radius 2 is 1.74 bits per heavy atom. The molecule has 61 heavy (non-hydrogen) atoms. The highest BCUT2D eigenvalue weighted by atomic mass is 35.5. The maximum absolute atomic E-state index is 13.9. The predicted octanol–water partition coefficient (Wildman–Crippen LogP) is 3.11. The van der Waals surface area contributed by atoms with Crippen molar-refractivity contribution in [2.75, 3.05) is 57.8 Å². The molecule has 3 aromatic heterocycles. The second-order valence-corrected chi connectivity index (χ2v) is 17.1. The average molecular weight is 870 g/mol. The van der Waals surface area contributed by atoms with Crippen molar-refractivity contribution in [3.63, 3.8) is 0 Å². The topological polar surface area (TPSA) is 201 Å². The van der Waals surface area contributed by atoms with Crippen LogP contribution in [0.25, 0.3) is 21.8 Å². The minimum atomic E-state index is -1.30. The van der Waals surface area contributed by atoms with Gasteiger partial charge in [-0.1, -0.05) is 17.7 Å². The summed E-state index contributed by atoms with van der Waals surface area (Å²) in [6.07, 6.45) is 6.06. The quantitative estimate of drug-likeness (QED) is 0.136. The molecule has 5 aromatic rings. The molecular weight excluding hydrogens is 822 g/mol. The number of hydrogen-bond acceptors (Lipinski definition) is 12. The van der Waals surface area contributed by atoms with Crippen molar-refractivity contribution in [1.82, 2.24) is 40.0 Å². The van der Waals surface area contributed by atoms with Gasteiger partial charge in [-0.05, 0) is 74.4 Å². The second-order valence-electron chi connectivity index (χ2n) is 16.0. The molecule has 0 bridgehead atoms. The number of halogens is 1. The van der Waals surface area contributed by atoms with Crippen molar-refractivity contribution >= 4 is 74.1 Å². The zero-order chi connectivity index (χ0) is 42.5. The fourth-order valence-electron chi connectivity index (χ4n) is 8.26. The van der Waals surface area contributed by atoms with Gasteiger partial charge in [-0.2, -0.15) is 0 Å². The van der Waals surface area contributed by atoms with Crippen LogP contribution in [0.1, 0.15) is 59.4 Å². The minimum absolute atomic E-state index is 0.0297. The van der Waals surface area contributed by atoms with Gasteiger partial charge < -0.3 is 30.7 Å². The van der Waals surface area contributed by atoms with E-state index in [0.29, 0.717) is 64.6 Å². The molecule has 3 aliphatic rings. The van der Waals surface area contributed by atoms with E-state index in [0.717, 1.165) is 55.4 Å². The molecule has 4 N–H and O–H groups in total. The summed E-state index contributed by atoms with van der Waals surface area (Å²) in [5.74, 6) is -1.49. The first-order chi connectivity index (χ1) is 29.5. The number of aromatic nitrogens is 4. The second kappa shape index (κ2) is 18.7. The third-order valence-corrected chi connectivity index (χ3v) is 12.8. The van der Waals surface area contributed by atoms with Gasteiger partial charge in [-0.3, -0.25) is 38.4 Å². The number of nitrogens with zero attached hydrogens (tertiary/aromatic N) is 6. The van der Waals surface area contributed by atoms with E-state index in [4.69, 9.17) is 21.3 Å². The number of fused-ring (bicyclic) bond motifs is 3. The Kier molecular flexibility index (Phi) is 13.0. The molecule has 5 heterocycles. The normalized spacial score (nSPS) is 17.1. The Balaban J connectivity index is 0.856. The number of morpholine rings is 1. The Morgan fingerprint density at radius 3 is 2.52 bits per heavy atom. The van der Waals surface area contributed by atoms with E-state index < -0.39 is 23.5 Å². The molecule has 1 atom stereocenters.